The number of benzene rings is 1. The number of nitrogens with zero attached hydrogens (tertiary/aromatic N) is 1. The van der Waals surface area contributed by atoms with Crippen molar-refractivity contribution in [2.45, 2.75) is 33.4 Å². The van der Waals surface area contributed by atoms with E-state index in [2.05, 4.69) is 27.9 Å². The number of aliphatic imine (C=N–C) groups is 1. The maximum Gasteiger partial charge on any atom is 0.226 e. The van der Waals surface area contributed by atoms with Crippen LogP contribution >= 0.6 is 0 Å². The fourth-order valence-electron chi connectivity index (χ4n) is 1.84. The summed E-state index contributed by atoms with van der Waals surface area (Å²) in [5, 5.41) is 9.39. The molecule has 0 radical (unpaired) electrons. The molecular formula is C15H22N4O. The molecule has 0 saturated carbocycles. The second-order valence-corrected chi connectivity index (χ2v) is 5.43. The van der Waals surface area contributed by atoms with Crippen LogP contribution in [0.2, 0.25) is 0 Å². The van der Waals surface area contributed by atoms with Gasteiger partial charge in [-0.05, 0) is 24.6 Å². The van der Waals surface area contributed by atoms with Gasteiger partial charge in [0, 0.05) is 24.2 Å². The van der Waals surface area contributed by atoms with Gasteiger partial charge in [-0.2, -0.15) is 0 Å². The van der Waals surface area contributed by atoms with Crippen LogP contribution in [0.4, 0.5) is 5.69 Å². The normalized spacial score (nSPS) is 17.6. The van der Waals surface area contributed by atoms with E-state index in [4.69, 9.17) is 0 Å². The lowest BCUT2D eigenvalue weighted by molar-refractivity contribution is -0.118. The molecule has 20 heavy (non-hydrogen) atoms. The Balaban J connectivity index is 1.84. The molecule has 0 fully saturated rings. The van der Waals surface area contributed by atoms with Gasteiger partial charge in [0.25, 0.3) is 0 Å². The van der Waals surface area contributed by atoms with E-state index in [9.17, 15) is 4.79 Å². The van der Waals surface area contributed by atoms with Crippen LogP contribution in [0.25, 0.3) is 0 Å². The molecule has 1 aliphatic heterocycles. The van der Waals surface area contributed by atoms with E-state index < -0.39 is 0 Å². The predicted octanol–water partition coefficient (Wildman–Crippen LogP) is 1.72. The van der Waals surface area contributed by atoms with Crippen molar-refractivity contribution >= 4 is 17.6 Å². The SMILES string of the molecule is CC1CN=C(NCc2ccc(NC(=O)C(C)C)cc2)N1. The molecule has 5 nitrogen and oxygen atoms in total. The monoisotopic (exact) mass is 274 g/mol. The van der Waals surface area contributed by atoms with Crippen molar-refractivity contribution in [3.8, 4) is 0 Å². The van der Waals surface area contributed by atoms with Gasteiger partial charge in [0.2, 0.25) is 5.91 Å². The van der Waals surface area contributed by atoms with Gasteiger partial charge in [-0.1, -0.05) is 26.0 Å². The van der Waals surface area contributed by atoms with E-state index >= 15 is 0 Å². The number of hydrogen-bond acceptors (Lipinski definition) is 4. The molecule has 0 bridgehead atoms. The van der Waals surface area contributed by atoms with E-state index in [-0.39, 0.29) is 11.8 Å². The summed E-state index contributed by atoms with van der Waals surface area (Å²) < 4.78 is 0. The summed E-state index contributed by atoms with van der Waals surface area (Å²) >= 11 is 0. The van der Waals surface area contributed by atoms with Crippen molar-refractivity contribution in [1.29, 1.82) is 0 Å². The number of carbonyl (C=O) groups is 1. The van der Waals surface area contributed by atoms with Crippen LogP contribution in [0, 0.1) is 5.92 Å². The van der Waals surface area contributed by atoms with Gasteiger partial charge in [-0.15, -0.1) is 0 Å². The number of guanidine groups is 1. The summed E-state index contributed by atoms with van der Waals surface area (Å²) in [5.41, 5.74) is 1.98. The summed E-state index contributed by atoms with van der Waals surface area (Å²) in [6.45, 7) is 7.40. The highest BCUT2D eigenvalue weighted by Gasteiger charge is 2.11. The summed E-state index contributed by atoms with van der Waals surface area (Å²) in [5.74, 6) is 0.883. The van der Waals surface area contributed by atoms with Crippen molar-refractivity contribution in [1.82, 2.24) is 10.6 Å². The van der Waals surface area contributed by atoms with Crippen LogP contribution in [0.5, 0.6) is 0 Å². The lowest BCUT2D eigenvalue weighted by Crippen LogP contribution is -2.37. The van der Waals surface area contributed by atoms with Crippen LogP contribution < -0.4 is 16.0 Å². The first-order valence-corrected chi connectivity index (χ1v) is 6.99. The van der Waals surface area contributed by atoms with E-state index in [1.807, 2.05) is 38.1 Å². The third kappa shape index (κ3) is 3.98. The van der Waals surface area contributed by atoms with E-state index in [0.717, 1.165) is 30.3 Å². The quantitative estimate of drug-likeness (QED) is 0.783. The smallest absolute Gasteiger partial charge is 0.226 e. The highest BCUT2D eigenvalue weighted by molar-refractivity contribution is 5.92. The number of hydrogen-bond donors (Lipinski definition) is 3. The lowest BCUT2D eigenvalue weighted by atomic mass is 10.1. The maximum absolute atomic E-state index is 11.6. The average Bonchev–Trinajstić information content (AvgIpc) is 2.83. The zero-order valence-corrected chi connectivity index (χ0v) is 12.2. The van der Waals surface area contributed by atoms with Gasteiger partial charge in [0.15, 0.2) is 5.96 Å². The Labute approximate surface area is 119 Å². The molecule has 1 unspecified atom stereocenters. The standard InChI is InChI=1S/C15H22N4O/c1-10(2)14(20)19-13-6-4-12(5-7-13)9-17-15-16-8-11(3)18-15/h4-7,10-11H,8-9H2,1-3H3,(H,19,20)(H2,16,17,18). The molecule has 1 aromatic carbocycles. The largest absolute Gasteiger partial charge is 0.352 e. The number of amides is 1. The number of carbonyl (C=O) groups excluding carboxylic acids is 1. The number of rotatable bonds is 4. The molecule has 1 heterocycles. The maximum atomic E-state index is 11.6. The molecule has 0 aromatic heterocycles. The molecule has 0 aliphatic carbocycles. The molecule has 1 atom stereocenters. The third-order valence-electron chi connectivity index (χ3n) is 3.11. The summed E-state index contributed by atoms with van der Waals surface area (Å²) in [4.78, 5) is 15.9. The summed E-state index contributed by atoms with van der Waals surface area (Å²) in [7, 11) is 0. The van der Waals surface area contributed by atoms with Crippen molar-refractivity contribution in [3.05, 3.63) is 29.8 Å². The van der Waals surface area contributed by atoms with Crippen molar-refractivity contribution in [2.24, 2.45) is 10.9 Å². The van der Waals surface area contributed by atoms with Crippen LogP contribution in [0.3, 0.4) is 0 Å². The Morgan fingerprint density at radius 3 is 2.65 bits per heavy atom. The summed E-state index contributed by atoms with van der Waals surface area (Å²) in [6.07, 6.45) is 0. The molecule has 1 aliphatic rings. The van der Waals surface area contributed by atoms with E-state index in [1.54, 1.807) is 0 Å². The topological polar surface area (TPSA) is 65.5 Å². The first-order chi connectivity index (χ1) is 9.54. The molecule has 1 amide bonds. The third-order valence-corrected chi connectivity index (χ3v) is 3.11. The minimum atomic E-state index is -0.00946. The minimum Gasteiger partial charge on any atom is -0.352 e. The Bertz CT molecular complexity index is 493. The fourth-order valence-corrected chi connectivity index (χ4v) is 1.84. The molecule has 5 heteroatoms. The van der Waals surface area contributed by atoms with Gasteiger partial charge in [-0.25, -0.2) is 0 Å². The van der Waals surface area contributed by atoms with Gasteiger partial charge in [-0.3, -0.25) is 9.79 Å². The van der Waals surface area contributed by atoms with Gasteiger partial charge < -0.3 is 16.0 Å². The number of nitrogens with one attached hydrogen (secondary N) is 3. The zero-order chi connectivity index (χ0) is 14.5. The van der Waals surface area contributed by atoms with Crippen molar-refractivity contribution in [3.63, 3.8) is 0 Å². The molecule has 0 spiro atoms. The molecule has 108 valence electrons. The molecular weight excluding hydrogens is 252 g/mol. The Hall–Kier alpha value is -2.04. The fraction of sp³-hybridized carbons (Fsp3) is 0.467. The minimum absolute atomic E-state index is 0.00946. The van der Waals surface area contributed by atoms with E-state index in [1.165, 1.54) is 0 Å². The van der Waals surface area contributed by atoms with E-state index in [0.29, 0.717) is 6.04 Å². The highest BCUT2D eigenvalue weighted by atomic mass is 16.1. The van der Waals surface area contributed by atoms with Crippen LogP contribution in [-0.2, 0) is 11.3 Å². The first kappa shape index (κ1) is 14.4. The predicted molar refractivity (Wildman–Crippen MR) is 81.6 cm³/mol. The van der Waals surface area contributed by atoms with Gasteiger partial charge in [0.05, 0.1) is 6.54 Å². The lowest BCUT2D eigenvalue weighted by Gasteiger charge is -2.10. The second kappa shape index (κ2) is 6.41. The van der Waals surface area contributed by atoms with Crippen molar-refractivity contribution < 1.29 is 4.79 Å². The van der Waals surface area contributed by atoms with Gasteiger partial charge in [0.1, 0.15) is 0 Å². The first-order valence-electron chi connectivity index (χ1n) is 6.99. The van der Waals surface area contributed by atoms with Gasteiger partial charge >= 0.3 is 0 Å². The highest BCUT2D eigenvalue weighted by Crippen LogP contribution is 2.11. The Morgan fingerprint density at radius 1 is 1.40 bits per heavy atom. The summed E-state index contributed by atoms with van der Waals surface area (Å²) in [6, 6.07) is 8.25. The molecule has 0 saturated heterocycles. The number of anilines is 1. The Morgan fingerprint density at radius 2 is 2.10 bits per heavy atom. The van der Waals surface area contributed by atoms with Crippen LogP contribution in [0.1, 0.15) is 26.3 Å². The molecule has 2 rings (SSSR count). The van der Waals surface area contributed by atoms with Crippen molar-refractivity contribution in [2.75, 3.05) is 11.9 Å². The second-order valence-electron chi connectivity index (χ2n) is 5.43. The Kier molecular flexibility index (Phi) is 4.61. The zero-order valence-electron chi connectivity index (χ0n) is 12.2. The molecule has 3 N–H and O–H groups in total. The van der Waals surface area contributed by atoms with Crippen LogP contribution in [0.15, 0.2) is 29.3 Å². The molecule has 1 aromatic rings. The van der Waals surface area contributed by atoms with Crippen LogP contribution in [-0.4, -0.2) is 24.5 Å². The average molecular weight is 274 g/mol.